The fourth-order valence-corrected chi connectivity index (χ4v) is 9.61. The molecule has 5 amide bonds. The number of amides is 5. The molecule has 0 bridgehead atoms. The number of nitrogens with zero attached hydrogens (tertiary/aromatic N) is 8. The van der Waals surface area contributed by atoms with E-state index < -0.39 is 5.54 Å². The van der Waals surface area contributed by atoms with Crippen LogP contribution in [0.5, 0.6) is 0 Å². The molecule has 7 heterocycles. The van der Waals surface area contributed by atoms with Gasteiger partial charge < -0.3 is 38.9 Å². The molecule has 8 fully saturated rings. The van der Waals surface area contributed by atoms with E-state index in [9.17, 15) is 19.2 Å². The van der Waals surface area contributed by atoms with E-state index in [1.165, 1.54) is 35.5 Å². The summed E-state index contributed by atoms with van der Waals surface area (Å²) < 4.78 is 11.7. The highest BCUT2D eigenvalue weighted by Gasteiger charge is 2.55. The summed E-state index contributed by atoms with van der Waals surface area (Å²) in [4.78, 5) is 62.2. The highest BCUT2D eigenvalue weighted by atomic mass is 16.5. The van der Waals surface area contributed by atoms with Gasteiger partial charge in [0, 0.05) is 87.1 Å². The van der Waals surface area contributed by atoms with Crippen molar-refractivity contribution >= 4 is 23.8 Å². The Balaban J connectivity index is 0.000000143. The number of carbonyl (C=O) groups is 4. The normalized spacial score (nSPS) is 30.3. The second-order valence-electron chi connectivity index (χ2n) is 18.6. The van der Waals surface area contributed by atoms with Crippen LogP contribution in [0, 0.1) is 11.3 Å². The predicted molar refractivity (Wildman–Crippen MR) is 217 cm³/mol. The summed E-state index contributed by atoms with van der Waals surface area (Å²) in [6.45, 7) is 18.2. The number of hydrogen-bond acceptors (Lipinski definition) is 11. The van der Waals surface area contributed by atoms with Gasteiger partial charge in [-0.05, 0) is 110 Å². The second-order valence-corrected chi connectivity index (χ2v) is 18.6. The Morgan fingerprint density at radius 3 is 1.32 bits per heavy atom. The Hall–Kier alpha value is -3.36. The van der Waals surface area contributed by atoms with Crippen LogP contribution in [0.2, 0.25) is 0 Å². The van der Waals surface area contributed by atoms with Crippen LogP contribution >= 0.6 is 0 Å². The van der Waals surface area contributed by atoms with Crippen LogP contribution in [0.4, 0.5) is 4.79 Å². The molecule has 7 saturated heterocycles. The summed E-state index contributed by atoms with van der Waals surface area (Å²) in [7, 11) is 15.3. The lowest BCUT2D eigenvalue weighted by atomic mass is 9.71. The number of carbonyl (C=O) groups excluding carboxylic acids is 4. The molecule has 7 aliphatic heterocycles. The van der Waals surface area contributed by atoms with Crippen molar-refractivity contribution in [2.75, 3.05) is 109 Å². The summed E-state index contributed by atoms with van der Waals surface area (Å²) >= 11 is 0. The van der Waals surface area contributed by atoms with Crippen molar-refractivity contribution in [2.24, 2.45) is 11.3 Å². The van der Waals surface area contributed by atoms with Gasteiger partial charge in [-0.15, -0.1) is 0 Å². The molecule has 0 radical (unpaired) electrons. The first-order chi connectivity index (χ1) is 26.2. The monoisotopic (exact) mass is 785 g/mol. The maximum absolute atomic E-state index is 12.1. The Kier molecular flexibility index (Phi) is 13.5. The van der Waals surface area contributed by atoms with E-state index in [-0.39, 0.29) is 40.4 Å². The smallest absolute Gasteiger partial charge is 0.327 e. The average Bonchev–Trinajstić information content (AvgIpc) is 3.67. The van der Waals surface area contributed by atoms with Crippen molar-refractivity contribution in [3.8, 4) is 0 Å². The van der Waals surface area contributed by atoms with Gasteiger partial charge in [-0.1, -0.05) is 6.92 Å². The summed E-state index contributed by atoms with van der Waals surface area (Å²) in [5.74, 6) is 2.53. The van der Waals surface area contributed by atoms with Gasteiger partial charge in [-0.25, -0.2) is 4.79 Å². The van der Waals surface area contributed by atoms with E-state index in [4.69, 9.17) is 9.47 Å². The summed E-state index contributed by atoms with van der Waals surface area (Å²) in [6.07, 6.45) is 11.9. The van der Waals surface area contributed by atoms with Crippen LogP contribution in [0.1, 0.15) is 84.0 Å². The molecule has 14 heteroatoms. The minimum atomic E-state index is -0.557. The van der Waals surface area contributed by atoms with Gasteiger partial charge in [0.05, 0.1) is 13.1 Å². The van der Waals surface area contributed by atoms with Crippen molar-refractivity contribution in [2.45, 2.75) is 101 Å². The van der Waals surface area contributed by atoms with E-state index in [0.29, 0.717) is 12.8 Å². The largest absolute Gasteiger partial charge is 0.471 e. The SMILES string of the molecule is C=C1OC2(CCC(C)CC2)CN1C.C=C1OC2(CCN(C)CC2)CN1C.CN1CCC2(CC1)C(=O)N(C)C(=O)N2C.CN1CCC2(CC1)CC(=O)N(C)C(=O)C2. The lowest BCUT2D eigenvalue weighted by molar-refractivity contribution is -0.153. The lowest BCUT2D eigenvalue weighted by Crippen LogP contribution is -2.54. The zero-order chi connectivity index (χ0) is 41.2. The zero-order valence-electron chi connectivity index (χ0n) is 36.2. The van der Waals surface area contributed by atoms with Crippen LogP contribution in [0.3, 0.4) is 0 Å². The lowest BCUT2D eigenvalue weighted by Gasteiger charge is -2.43. The molecule has 0 aromatic heterocycles. The number of piperidine rings is 4. The minimum Gasteiger partial charge on any atom is -0.471 e. The van der Waals surface area contributed by atoms with Crippen molar-refractivity contribution in [1.82, 2.24) is 39.2 Å². The Bertz CT molecular complexity index is 1400. The molecule has 1 saturated carbocycles. The van der Waals surface area contributed by atoms with Gasteiger partial charge in [0.15, 0.2) is 11.8 Å². The van der Waals surface area contributed by atoms with Crippen LogP contribution in [0.25, 0.3) is 0 Å². The molecule has 0 N–H and O–H groups in total. The molecule has 0 atom stereocenters. The number of likely N-dealkylation sites (N-methyl/N-ethyl adjacent to an activating group) is 4. The number of imide groups is 2. The molecule has 4 spiro atoms. The number of ether oxygens (including phenoxy) is 2. The second kappa shape index (κ2) is 17.2. The van der Waals surface area contributed by atoms with Crippen LogP contribution < -0.4 is 0 Å². The Labute approximate surface area is 336 Å². The predicted octanol–water partition coefficient (Wildman–Crippen LogP) is 3.70. The van der Waals surface area contributed by atoms with Crippen LogP contribution in [-0.4, -0.2) is 188 Å². The van der Waals surface area contributed by atoms with Crippen LogP contribution in [0.15, 0.2) is 24.9 Å². The van der Waals surface area contributed by atoms with E-state index in [0.717, 1.165) is 109 Å². The third-order valence-corrected chi connectivity index (χ3v) is 14.2. The molecule has 316 valence electrons. The number of rotatable bonds is 0. The molecular formula is C42H72N8O6. The molecule has 14 nitrogen and oxygen atoms in total. The highest BCUT2D eigenvalue weighted by molar-refractivity contribution is 6.06. The molecule has 0 aromatic rings. The van der Waals surface area contributed by atoms with Gasteiger partial charge in [-0.3, -0.25) is 24.2 Å². The maximum atomic E-state index is 12.1. The van der Waals surface area contributed by atoms with E-state index >= 15 is 0 Å². The molecule has 1 aliphatic carbocycles. The first-order valence-electron chi connectivity index (χ1n) is 20.8. The molecule has 8 aliphatic rings. The third kappa shape index (κ3) is 9.49. The molecule has 0 unspecified atom stereocenters. The van der Waals surface area contributed by atoms with E-state index in [1.54, 1.807) is 26.0 Å². The van der Waals surface area contributed by atoms with Gasteiger partial charge in [0.2, 0.25) is 11.8 Å². The van der Waals surface area contributed by atoms with Crippen molar-refractivity contribution < 1.29 is 28.7 Å². The highest BCUT2D eigenvalue weighted by Crippen LogP contribution is 2.42. The minimum absolute atomic E-state index is 0.00389. The maximum Gasteiger partial charge on any atom is 0.327 e. The Morgan fingerprint density at radius 2 is 0.946 bits per heavy atom. The van der Waals surface area contributed by atoms with Crippen molar-refractivity contribution in [1.29, 1.82) is 0 Å². The number of likely N-dealkylation sites (tertiary alicyclic amines) is 4. The summed E-state index contributed by atoms with van der Waals surface area (Å²) in [5.41, 5.74) is -0.373. The summed E-state index contributed by atoms with van der Waals surface area (Å²) in [5, 5.41) is 0. The standard InChI is InChI=1S/C11H18N2O2.C11H19NO.C10H17N3O2.C10H18N2O/c1-12-5-3-11(4-6-12)7-9(14)13(2)10(15)8-11;1-9-4-6-11(7-5-9)8-12(3)10(2)13-11;1-11-6-4-10(5-7-11)8(14)12(2)9(15)13(10)3;1-9-12(3)8-10(13-9)4-6-11(2)7-5-10/h3-8H2,1-2H3;9H,2,4-8H2,1,3H3;4-7H2,1-3H3;1,4-8H2,2-3H3. The molecule has 56 heavy (non-hydrogen) atoms. The number of hydrogen-bond donors (Lipinski definition) is 0. The van der Waals surface area contributed by atoms with E-state index in [1.807, 2.05) is 7.05 Å². The van der Waals surface area contributed by atoms with Crippen molar-refractivity contribution in [3.05, 3.63) is 24.9 Å². The van der Waals surface area contributed by atoms with Crippen molar-refractivity contribution in [3.63, 3.8) is 0 Å². The van der Waals surface area contributed by atoms with Gasteiger partial charge in [0.1, 0.15) is 16.7 Å². The van der Waals surface area contributed by atoms with Crippen LogP contribution in [-0.2, 0) is 23.9 Å². The van der Waals surface area contributed by atoms with E-state index in [2.05, 4.69) is 72.8 Å². The first-order valence-corrected chi connectivity index (χ1v) is 20.8. The van der Waals surface area contributed by atoms with Gasteiger partial charge in [0.25, 0.3) is 5.91 Å². The average molecular weight is 785 g/mol. The Morgan fingerprint density at radius 1 is 0.554 bits per heavy atom. The third-order valence-electron chi connectivity index (χ3n) is 14.2. The molecule has 8 rings (SSSR count). The molecule has 0 aromatic carbocycles. The summed E-state index contributed by atoms with van der Waals surface area (Å²) in [6, 6.07) is -0.176. The fourth-order valence-electron chi connectivity index (χ4n) is 9.61. The topological polar surface area (TPSA) is 113 Å². The number of urea groups is 1. The first kappa shape index (κ1) is 43.8. The zero-order valence-corrected chi connectivity index (χ0v) is 36.2. The quantitative estimate of drug-likeness (QED) is 0.265. The fraction of sp³-hybridized carbons (Fsp3) is 0.810. The van der Waals surface area contributed by atoms with Gasteiger partial charge >= 0.3 is 6.03 Å². The molecular weight excluding hydrogens is 713 g/mol. The van der Waals surface area contributed by atoms with Gasteiger partial charge in [-0.2, -0.15) is 0 Å².